The van der Waals surface area contributed by atoms with E-state index in [0.29, 0.717) is 23.7 Å². The Labute approximate surface area is 187 Å². The molecule has 0 aliphatic heterocycles. The average molecular weight is 434 g/mol. The minimum atomic E-state index is -0.773. The Kier molecular flexibility index (Phi) is 7.80. The molecule has 0 spiro atoms. The van der Waals surface area contributed by atoms with Crippen LogP contribution in [0.2, 0.25) is 0 Å². The SMILES string of the molecule is CCCOc1ccc2ccccc2c1C=NNC(=O)C(C)NC(=O)c1ccc(OC)cc1. The van der Waals surface area contributed by atoms with Crippen molar-refractivity contribution < 1.29 is 19.1 Å². The van der Waals surface area contributed by atoms with Gasteiger partial charge in [0.25, 0.3) is 11.8 Å². The Hall–Kier alpha value is -3.87. The number of nitrogens with one attached hydrogen (secondary N) is 2. The number of carbonyl (C=O) groups excluding carboxylic acids is 2. The summed E-state index contributed by atoms with van der Waals surface area (Å²) in [4.78, 5) is 24.8. The van der Waals surface area contributed by atoms with Crippen molar-refractivity contribution >= 4 is 28.8 Å². The Balaban J connectivity index is 1.67. The summed E-state index contributed by atoms with van der Waals surface area (Å²) >= 11 is 0. The van der Waals surface area contributed by atoms with Gasteiger partial charge in [0.1, 0.15) is 17.5 Å². The fraction of sp³-hybridized carbons (Fsp3) is 0.240. The van der Waals surface area contributed by atoms with E-state index < -0.39 is 11.9 Å². The highest BCUT2D eigenvalue weighted by atomic mass is 16.5. The zero-order valence-electron chi connectivity index (χ0n) is 18.4. The highest BCUT2D eigenvalue weighted by Gasteiger charge is 2.16. The first-order chi connectivity index (χ1) is 15.5. The summed E-state index contributed by atoms with van der Waals surface area (Å²) < 4.78 is 10.9. The molecule has 2 amide bonds. The molecule has 0 heterocycles. The Morgan fingerprint density at radius 2 is 1.81 bits per heavy atom. The first-order valence-electron chi connectivity index (χ1n) is 10.5. The summed E-state index contributed by atoms with van der Waals surface area (Å²) in [6.45, 7) is 4.22. The largest absolute Gasteiger partial charge is 0.497 e. The van der Waals surface area contributed by atoms with E-state index in [1.165, 1.54) is 0 Å². The number of hydrogen-bond acceptors (Lipinski definition) is 5. The maximum Gasteiger partial charge on any atom is 0.262 e. The smallest absolute Gasteiger partial charge is 0.262 e. The van der Waals surface area contributed by atoms with Crippen LogP contribution >= 0.6 is 0 Å². The predicted octanol–water partition coefficient (Wildman–Crippen LogP) is 3.91. The first kappa shape index (κ1) is 22.8. The van der Waals surface area contributed by atoms with E-state index in [-0.39, 0.29) is 5.91 Å². The molecule has 0 bridgehead atoms. The lowest BCUT2D eigenvalue weighted by Crippen LogP contribution is -2.43. The Bertz CT molecular complexity index is 1110. The molecular formula is C25H27N3O4. The van der Waals surface area contributed by atoms with Gasteiger partial charge in [-0.05, 0) is 54.4 Å². The lowest BCUT2D eigenvalue weighted by molar-refractivity contribution is -0.122. The van der Waals surface area contributed by atoms with Crippen molar-refractivity contribution in [2.24, 2.45) is 5.10 Å². The third-order valence-electron chi connectivity index (χ3n) is 4.85. The fourth-order valence-corrected chi connectivity index (χ4v) is 3.09. The van der Waals surface area contributed by atoms with E-state index in [9.17, 15) is 9.59 Å². The number of carbonyl (C=O) groups is 2. The minimum absolute atomic E-state index is 0.358. The second kappa shape index (κ2) is 10.9. The molecule has 0 saturated carbocycles. The quantitative estimate of drug-likeness (QED) is 0.396. The zero-order chi connectivity index (χ0) is 22.9. The molecule has 3 rings (SSSR count). The van der Waals surface area contributed by atoms with Crippen molar-refractivity contribution in [2.75, 3.05) is 13.7 Å². The second-order valence-electron chi connectivity index (χ2n) is 7.20. The molecule has 7 nitrogen and oxygen atoms in total. The lowest BCUT2D eigenvalue weighted by Gasteiger charge is -2.13. The number of amides is 2. The molecule has 3 aromatic carbocycles. The third kappa shape index (κ3) is 5.63. The molecule has 0 aliphatic rings. The summed E-state index contributed by atoms with van der Waals surface area (Å²) in [5.41, 5.74) is 3.71. The Morgan fingerprint density at radius 1 is 1.06 bits per heavy atom. The molecule has 2 N–H and O–H groups in total. The highest BCUT2D eigenvalue weighted by Crippen LogP contribution is 2.26. The maximum atomic E-state index is 12.4. The van der Waals surface area contributed by atoms with Crippen molar-refractivity contribution in [3.8, 4) is 11.5 Å². The molecule has 1 atom stereocenters. The van der Waals surface area contributed by atoms with E-state index in [4.69, 9.17) is 9.47 Å². The average Bonchev–Trinajstić information content (AvgIpc) is 2.83. The van der Waals surface area contributed by atoms with Crippen LogP contribution in [-0.2, 0) is 4.79 Å². The van der Waals surface area contributed by atoms with Gasteiger partial charge in [-0.2, -0.15) is 5.10 Å². The van der Waals surface area contributed by atoms with Crippen LogP contribution in [0.3, 0.4) is 0 Å². The van der Waals surface area contributed by atoms with Gasteiger partial charge < -0.3 is 14.8 Å². The van der Waals surface area contributed by atoms with Gasteiger partial charge in [0.2, 0.25) is 0 Å². The van der Waals surface area contributed by atoms with Gasteiger partial charge in [0.15, 0.2) is 0 Å². The number of methoxy groups -OCH3 is 1. The highest BCUT2D eigenvalue weighted by molar-refractivity contribution is 6.03. The minimum Gasteiger partial charge on any atom is -0.497 e. The van der Waals surface area contributed by atoms with Crippen LogP contribution in [0.4, 0.5) is 0 Å². The van der Waals surface area contributed by atoms with Gasteiger partial charge in [-0.3, -0.25) is 9.59 Å². The molecule has 0 saturated heterocycles. The maximum absolute atomic E-state index is 12.4. The van der Waals surface area contributed by atoms with Crippen LogP contribution in [-0.4, -0.2) is 37.8 Å². The van der Waals surface area contributed by atoms with Gasteiger partial charge in [0.05, 0.1) is 19.9 Å². The fourth-order valence-electron chi connectivity index (χ4n) is 3.09. The zero-order valence-corrected chi connectivity index (χ0v) is 18.4. The first-order valence-corrected chi connectivity index (χ1v) is 10.5. The summed E-state index contributed by atoms with van der Waals surface area (Å²) in [7, 11) is 1.55. The van der Waals surface area contributed by atoms with E-state index in [0.717, 1.165) is 22.8 Å². The van der Waals surface area contributed by atoms with Crippen molar-refractivity contribution in [2.45, 2.75) is 26.3 Å². The van der Waals surface area contributed by atoms with Crippen LogP contribution in [0.15, 0.2) is 65.8 Å². The van der Waals surface area contributed by atoms with Crippen LogP contribution in [0.25, 0.3) is 10.8 Å². The van der Waals surface area contributed by atoms with Crippen LogP contribution in [0.1, 0.15) is 36.2 Å². The number of hydrazone groups is 1. The van der Waals surface area contributed by atoms with E-state index >= 15 is 0 Å². The molecule has 166 valence electrons. The summed E-state index contributed by atoms with van der Waals surface area (Å²) in [5, 5.41) is 8.79. The normalized spacial score (nSPS) is 11.8. The number of hydrogen-bond donors (Lipinski definition) is 2. The summed E-state index contributed by atoms with van der Waals surface area (Å²) in [5.74, 6) is 0.560. The van der Waals surface area contributed by atoms with Crippen LogP contribution < -0.4 is 20.2 Å². The monoisotopic (exact) mass is 433 g/mol. The van der Waals surface area contributed by atoms with Crippen molar-refractivity contribution in [1.82, 2.24) is 10.7 Å². The van der Waals surface area contributed by atoms with E-state index in [1.54, 1.807) is 44.5 Å². The second-order valence-corrected chi connectivity index (χ2v) is 7.20. The molecule has 7 heteroatoms. The standard InChI is InChI=1S/C25H27N3O4/c1-4-15-32-23-14-11-18-7-5-6-8-21(18)22(23)16-26-28-24(29)17(2)27-25(30)19-9-12-20(31-3)13-10-19/h5-14,16-17H,4,15H2,1-3H3,(H,27,30)(H,28,29). The van der Waals surface area contributed by atoms with Gasteiger partial charge in [0, 0.05) is 11.1 Å². The van der Waals surface area contributed by atoms with Gasteiger partial charge in [-0.25, -0.2) is 5.43 Å². The van der Waals surface area contributed by atoms with E-state index in [2.05, 4.69) is 15.8 Å². The molecule has 0 fully saturated rings. The molecule has 0 aromatic heterocycles. The van der Waals surface area contributed by atoms with Crippen molar-refractivity contribution in [1.29, 1.82) is 0 Å². The van der Waals surface area contributed by atoms with Gasteiger partial charge in [-0.15, -0.1) is 0 Å². The van der Waals surface area contributed by atoms with Crippen LogP contribution in [0, 0.1) is 0 Å². The van der Waals surface area contributed by atoms with Crippen molar-refractivity contribution in [3.05, 3.63) is 71.8 Å². The summed E-state index contributed by atoms with van der Waals surface area (Å²) in [6.07, 6.45) is 2.45. The predicted molar refractivity (Wildman–Crippen MR) is 125 cm³/mol. The number of fused-ring (bicyclic) bond motifs is 1. The molecule has 1 unspecified atom stereocenters. The number of nitrogens with zero attached hydrogens (tertiary/aromatic N) is 1. The molecule has 0 aliphatic carbocycles. The van der Waals surface area contributed by atoms with Gasteiger partial charge >= 0.3 is 0 Å². The number of ether oxygens (including phenoxy) is 2. The lowest BCUT2D eigenvalue weighted by atomic mass is 10.0. The topological polar surface area (TPSA) is 89.0 Å². The molecule has 0 radical (unpaired) electrons. The molecule has 3 aromatic rings. The van der Waals surface area contributed by atoms with E-state index in [1.807, 2.05) is 43.3 Å². The number of rotatable bonds is 9. The molecular weight excluding hydrogens is 406 g/mol. The van der Waals surface area contributed by atoms with Crippen LogP contribution in [0.5, 0.6) is 11.5 Å². The van der Waals surface area contributed by atoms with Gasteiger partial charge in [-0.1, -0.05) is 37.3 Å². The van der Waals surface area contributed by atoms with Crippen molar-refractivity contribution in [3.63, 3.8) is 0 Å². The summed E-state index contributed by atoms with van der Waals surface area (Å²) in [6, 6.07) is 17.7. The third-order valence-corrected chi connectivity index (χ3v) is 4.85. The molecule has 32 heavy (non-hydrogen) atoms. The Morgan fingerprint density at radius 3 is 2.53 bits per heavy atom. The number of benzene rings is 3.